The van der Waals surface area contributed by atoms with Crippen molar-refractivity contribution in [2.24, 2.45) is 0 Å². The number of nitrogens with zero attached hydrogens (tertiary/aromatic N) is 1. The molecule has 3 rings (SSSR count). The standard InChI is InChI=1S/C13H15BrN2O/c14-11-1-2-12-10(8-15-13(12)7-11)9-16-3-5-17-6-4-16/h1-2,7-8,15H,3-6,9H2. The maximum Gasteiger partial charge on any atom is 0.0594 e. The first kappa shape index (κ1) is 11.3. The smallest absolute Gasteiger partial charge is 0.0594 e. The maximum atomic E-state index is 5.37. The van der Waals surface area contributed by atoms with Gasteiger partial charge in [0.05, 0.1) is 13.2 Å². The molecule has 0 atom stereocenters. The molecule has 3 nitrogen and oxygen atoms in total. The largest absolute Gasteiger partial charge is 0.379 e. The van der Waals surface area contributed by atoms with Crippen molar-refractivity contribution < 1.29 is 4.74 Å². The highest BCUT2D eigenvalue weighted by Crippen LogP contribution is 2.23. The Morgan fingerprint density at radius 1 is 1.29 bits per heavy atom. The van der Waals surface area contributed by atoms with Crippen molar-refractivity contribution in [1.29, 1.82) is 0 Å². The highest BCUT2D eigenvalue weighted by molar-refractivity contribution is 9.10. The molecular weight excluding hydrogens is 280 g/mol. The number of hydrogen-bond donors (Lipinski definition) is 1. The van der Waals surface area contributed by atoms with E-state index >= 15 is 0 Å². The third-order valence-electron chi connectivity index (χ3n) is 3.23. The normalized spacial score (nSPS) is 17.7. The molecule has 90 valence electrons. The zero-order chi connectivity index (χ0) is 11.7. The van der Waals surface area contributed by atoms with E-state index in [0.717, 1.165) is 37.3 Å². The number of morpholine rings is 1. The molecule has 0 spiro atoms. The van der Waals surface area contributed by atoms with E-state index in [9.17, 15) is 0 Å². The van der Waals surface area contributed by atoms with Crippen molar-refractivity contribution in [3.05, 3.63) is 34.4 Å². The third-order valence-corrected chi connectivity index (χ3v) is 3.72. The van der Waals surface area contributed by atoms with Crippen LogP contribution in [0.4, 0.5) is 0 Å². The van der Waals surface area contributed by atoms with Gasteiger partial charge in [-0.05, 0) is 17.7 Å². The number of aromatic nitrogens is 1. The van der Waals surface area contributed by atoms with Gasteiger partial charge in [-0.25, -0.2) is 0 Å². The van der Waals surface area contributed by atoms with Crippen molar-refractivity contribution in [1.82, 2.24) is 9.88 Å². The summed E-state index contributed by atoms with van der Waals surface area (Å²) in [5.74, 6) is 0. The van der Waals surface area contributed by atoms with Crippen LogP contribution in [0.15, 0.2) is 28.9 Å². The Morgan fingerprint density at radius 2 is 2.12 bits per heavy atom. The summed E-state index contributed by atoms with van der Waals surface area (Å²) >= 11 is 3.49. The number of aromatic amines is 1. The second-order valence-electron chi connectivity index (χ2n) is 4.39. The lowest BCUT2D eigenvalue weighted by Crippen LogP contribution is -2.35. The van der Waals surface area contributed by atoms with E-state index < -0.39 is 0 Å². The van der Waals surface area contributed by atoms with Gasteiger partial charge in [0.25, 0.3) is 0 Å². The van der Waals surface area contributed by atoms with Gasteiger partial charge in [-0.15, -0.1) is 0 Å². The van der Waals surface area contributed by atoms with Gasteiger partial charge < -0.3 is 9.72 Å². The molecule has 1 fully saturated rings. The summed E-state index contributed by atoms with van der Waals surface area (Å²) in [5, 5.41) is 1.32. The molecule has 1 aliphatic rings. The van der Waals surface area contributed by atoms with Crippen LogP contribution in [0.25, 0.3) is 10.9 Å². The minimum atomic E-state index is 0.855. The number of H-pyrrole nitrogens is 1. The number of hydrogen-bond acceptors (Lipinski definition) is 2. The average Bonchev–Trinajstić information content (AvgIpc) is 2.73. The molecule has 1 aliphatic heterocycles. The molecular formula is C13H15BrN2O. The lowest BCUT2D eigenvalue weighted by atomic mass is 10.1. The summed E-state index contributed by atoms with van der Waals surface area (Å²) < 4.78 is 6.48. The summed E-state index contributed by atoms with van der Waals surface area (Å²) in [7, 11) is 0. The van der Waals surface area contributed by atoms with Crippen LogP contribution in [0.5, 0.6) is 0 Å². The molecule has 1 aromatic carbocycles. The van der Waals surface area contributed by atoms with Gasteiger partial charge in [-0.1, -0.05) is 22.0 Å². The van der Waals surface area contributed by atoms with E-state index in [-0.39, 0.29) is 0 Å². The molecule has 1 saturated heterocycles. The van der Waals surface area contributed by atoms with Crippen molar-refractivity contribution in [2.45, 2.75) is 6.54 Å². The lowest BCUT2D eigenvalue weighted by molar-refractivity contribution is 0.0343. The zero-order valence-corrected chi connectivity index (χ0v) is 11.2. The number of benzene rings is 1. The monoisotopic (exact) mass is 294 g/mol. The average molecular weight is 295 g/mol. The van der Waals surface area contributed by atoms with Crippen molar-refractivity contribution in [3.8, 4) is 0 Å². The van der Waals surface area contributed by atoms with E-state index in [1.807, 2.05) is 0 Å². The summed E-state index contributed by atoms with van der Waals surface area (Å²) in [4.78, 5) is 5.77. The molecule has 1 aromatic heterocycles. The molecule has 2 aromatic rings. The van der Waals surface area contributed by atoms with Gasteiger partial charge in [-0.3, -0.25) is 4.90 Å². The van der Waals surface area contributed by atoms with Crippen LogP contribution in [0.2, 0.25) is 0 Å². The molecule has 4 heteroatoms. The van der Waals surface area contributed by atoms with Crippen molar-refractivity contribution >= 4 is 26.8 Å². The van der Waals surface area contributed by atoms with E-state index in [2.05, 4.69) is 50.2 Å². The molecule has 0 aliphatic carbocycles. The molecule has 17 heavy (non-hydrogen) atoms. The molecule has 0 unspecified atom stereocenters. The van der Waals surface area contributed by atoms with Crippen LogP contribution in [0.1, 0.15) is 5.56 Å². The molecule has 0 saturated carbocycles. The second kappa shape index (κ2) is 4.80. The van der Waals surface area contributed by atoms with Crippen LogP contribution >= 0.6 is 15.9 Å². The molecule has 2 heterocycles. The Labute approximate surface area is 109 Å². The molecule has 0 radical (unpaired) electrons. The molecule has 0 amide bonds. The van der Waals surface area contributed by atoms with E-state index in [1.54, 1.807) is 0 Å². The van der Waals surface area contributed by atoms with Crippen molar-refractivity contribution in [2.75, 3.05) is 26.3 Å². The van der Waals surface area contributed by atoms with Gasteiger partial charge in [0, 0.05) is 41.2 Å². The Balaban J connectivity index is 1.84. The van der Waals surface area contributed by atoms with Crippen molar-refractivity contribution in [3.63, 3.8) is 0 Å². The fourth-order valence-electron chi connectivity index (χ4n) is 2.29. The lowest BCUT2D eigenvalue weighted by Gasteiger charge is -2.26. The zero-order valence-electron chi connectivity index (χ0n) is 9.58. The summed E-state index contributed by atoms with van der Waals surface area (Å²) in [6, 6.07) is 6.39. The van der Waals surface area contributed by atoms with Gasteiger partial charge in [0.15, 0.2) is 0 Å². The van der Waals surface area contributed by atoms with Crippen LogP contribution in [-0.2, 0) is 11.3 Å². The van der Waals surface area contributed by atoms with Gasteiger partial charge in [0.2, 0.25) is 0 Å². The molecule has 1 N–H and O–H groups in total. The van der Waals surface area contributed by atoms with Crippen LogP contribution < -0.4 is 0 Å². The Kier molecular flexibility index (Phi) is 3.18. The number of rotatable bonds is 2. The Bertz CT molecular complexity index is 517. The third kappa shape index (κ3) is 2.39. The summed E-state index contributed by atoms with van der Waals surface area (Å²) in [6.45, 7) is 4.78. The molecule has 0 bridgehead atoms. The SMILES string of the molecule is Brc1ccc2c(CN3CCOCC3)c[nH]c2c1. The first-order valence-electron chi connectivity index (χ1n) is 5.88. The number of fused-ring (bicyclic) bond motifs is 1. The van der Waals surface area contributed by atoms with E-state index in [0.29, 0.717) is 0 Å². The predicted molar refractivity (Wildman–Crippen MR) is 72.1 cm³/mol. The first-order chi connectivity index (χ1) is 8.33. The predicted octanol–water partition coefficient (Wildman–Crippen LogP) is 2.76. The fraction of sp³-hybridized carbons (Fsp3) is 0.385. The summed E-state index contributed by atoms with van der Waals surface area (Å²) in [5.41, 5.74) is 2.57. The number of ether oxygens (including phenoxy) is 1. The number of nitrogens with one attached hydrogen (secondary N) is 1. The highest BCUT2D eigenvalue weighted by atomic mass is 79.9. The minimum Gasteiger partial charge on any atom is -0.379 e. The van der Waals surface area contributed by atoms with Crippen LogP contribution in [0, 0.1) is 0 Å². The van der Waals surface area contributed by atoms with E-state index in [1.165, 1.54) is 16.5 Å². The van der Waals surface area contributed by atoms with Gasteiger partial charge in [-0.2, -0.15) is 0 Å². The quantitative estimate of drug-likeness (QED) is 0.922. The fourth-order valence-corrected chi connectivity index (χ4v) is 2.65. The topological polar surface area (TPSA) is 28.3 Å². The van der Waals surface area contributed by atoms with Gasteiger partial charge in [0.1, 0.15) is 0 Å². The van der Waals surface area contributed by atoms with Crippen LogP contribution in [-0.4, -0.2) is 36.2 Å². The number of halogens is 1. The highest BCUT2D eigenvalue weighted by Gasteiger charge is 2.12. The second-order valence-corrected chi connectivity index (χ2v) is 5.31. The van der Waals surface area contributed by atoms with E-state index in [4.69, 9.17) is 4.74 Å². The van der Waals surface area contributed by atoms with Crippen LogP contribution in [0.3, 0.4) is 0 Å². The summed E-state index contributed by atoms with van der Waals surface area (Å²) in [6.07, 6.45) is 2.12. The maximum absolute atomic E-state index is 5.37. The Morgan fingerprint density at radius 3 is 2.94 bits per heavy atom. The minimum absolute atomic E-state index is 0.855. The van der Waals surface area contributed by atoms with Gasteiger partial charge >= 0.3 is 0 Å². The first-order valence-corrected chi connectivity index (χ1v) is 6.68. The Hall–Kier alpha value is -0.840.